The lowest BCUT2D eigenvalue weighted by atomic mass is 10.0. The van der Waals surface area contributed by atoms with Gasteiger partial charge in [0, 0.05) is 5.69 Å². The summed E-state index contributed by atoms with van der Waals surface area (Å²) in [6.45, 7) is 3.81. The van der Waals surface area contributed by atoms with Crippen molar-refractivity contribution in [2.75, 3.05) is 10.6 Å². The molecule has 0 fully saturated rings. The topological polar surface area (TPSA) is 58.2 Å². The van der Waals surface area contributed by atoms with Crippen LogP contribution in [0.2, 0.25) is 0 Å². The van der Waals surface area contributed by atoms with Crippen molar-refractivity contribution in [1.29, 1.82) is 0 Å². The van der Waals surface area contributed by atoms with Gasteiger partial charge in [-0.15, -0.1) is 0 Å². The predicted molar refractivity (Wildman–Crippen MR) is 93.9 cm³/mol. The smallest absolute Gasteiger partial charge is 0.317 e. The summed E-state index contributed by atoms with van der Waals surface area (Å²) in [6.07, 6.45) is -3.35. The Balaban J connectivity index is 2.22. The Labute approximate surface area is 149 Å². The van der Waals surface area contributed by atoms with Crippen LogP contribution >= 0.6 is 0 Å². The third-order valence-electron chi connectivity index (χ3n) is 3.92. The Hall–Kier alpha value is -2.83. The zero-order chi connectivity index (χ0) is 19.3. The van der Waals surface area contributed by atoms with Crippen LogP contribution in [0.1, 0.15) is 30.5 Å². The second-order valence-electron chi connectivity index (χ2n) is 5.61. The molecule has 0 spiro atoms. The highest BCUT2D eigenvalue weighted by molar-refractivity contribution is 6.43. The molecule has 26 heavy (non-hydrogen) atoms. The van der Waals surface area contributed by atoms with Gasteiger partial charge in [-0.05, 0) is 36.1 Å². The molecular formula is C19H19F3N2O2. The predicted octanol–water partition coefficient (Wildman–Crippen LogP) is 4.41. The molecule has 0 unspecified atom stereocenters. The summed E-state index contributed by atoms with van der Waals surface area (Å²) < 4.78 is 39.0. The monoisotopic (exact) mass is 364 g/mol. The highest BCUT2D eigenvalue weighted by Gasteiger charge is 2.34. The van der Waals surface area contributed by atoms with Gasteiger partial charge in [0.05, 0.1) is 11.3 Å². The van der Waals surface area contributed by atoms with Crippen LogP contribution in [-0.4, -0.2) is 11.8 Å². The van der Waals surface area contributed by atoms with E-state index in [2.05, 4.69) is 5.32 Å². The molecule has 0 aromatic heterocycles. The molecular weight excluding hydrogens is 345 g/mol. The first-order valence-electron chi connectivity index (χ1n) is 8.17. The van der Waals surface area contributed by atoms with Crippen LogP contribution in [0, 0.1) is 0 Å². The molecule has 0 aliphatic carbocycles. The summed E-state index contributed by atoms with van der Waals surface area (Å²) in [6, 6.07) is 10.0. The number of carbonyl (C=O) groups excluding carboxylic acids is 2. The average Bonchev–Trinajstić information content (AvgIpc) is 2.61. The maximum atomic E-state index is 13.0. The number of amides is 2. The van der Waals surface area contributed by atoms with E-state index in [0.29, 0.717) is 18.5 Å². The summed E-state index contributed by atoms with van der Waals surface area (Å²) >= 11 is 0. The van der Waals surface area contributed by atoms with Crippen LogP contribution in [0.15, 0.2) is 42.5 Å². The molecule has 0 radical (unpaired) electrons. The van der Waals surface area contributed by atoms with Crippen molar-refractivity contribution in [2.24, 2.45) is 0 Å². The van der Waals surface area contributed by atoms with Gasteiger partial charge < -0.3 is 10.6 Å². The third kappa shape index (κ3) is 4.41. The Kier molecular flexibility index (Phi) is 6.02. The molecule has 0 heterocycles. The Morgan fingerprint density at radius 2 is 1.38 bits per heavy atom. The number of benzene rings is 2. The van der Waals surface area contributed by atoms with Crippen molar-refractivity contribution in [2.45, 2.75) is 32.9 Å². The van der Waals surface area contributed by atoms with Crippen LogP contribution in [0.4, 0.5) is 24.5 Å². The van der Waals surface area contributed by atoms with Gasteiger partial charge in [0.25, 0.3) is 0 Å². The van der Waals surface area contributed by atoms with E-state index in [9.17, 15) is 22.8 Å². The molecule has 7 heteroatoms. The van der Waals surface area contributed by atoms with Crippen LogP contribution in [0.3, 0.4) is 0 Å². The molecule has 0 saturated carbocycles. The van der Waals surface area contributed by atoms with Crippen molar-refractivity contribution >= 4 is 23.2 Å². The van der Waals surface area contributed by atoms with Gasteiger partial charge in [0.1, 0.15) is 0 Å². The van der Waals surface area contributed by atoms with Gasteiger partial charge in [-0.3, -0.25) is 9.59 Å². The van der Waals surface area contributed by atoms with E-state index in [1.54, 1.807) is 0 Å². The number of para-hydroxylation sites is 2. The second kappa shape index (κ2) is 8.03. The van der Waals surface area contributed by atoms with Gasteiger partial charge in [-0.1, -0.05) is 44.2 Å². The van der Waals surface area contributed by atoms with E-state index in [4.69, 9.17) is 0 Å². The fourth-order valence-corrected chi connectivity index (χ4v) is 2.59. The maximum absolute atomic E-state index is 13.0. The molecule has 0 bridgehead atoms. The minimum Gasteiger partial charge on any atom is -0.317 e. The number of aryl methyl sites for hydroxylation is 2. The Morgan fingerprint density at radius 1 is 0.846 bits per heavy atom. The van der Waals surface area contributed by atoms with Gasteiger partial charge >= 0.3 is 18.0 Å². The normalized spacial score (nSPS) is 11.1. The molecule has 0 aliphatic rings. The zero-order valence-corrected chi connectivity index (χ0v) is 14.4. The number of nitrogens with one attached hydrogen (secondary N) is 2. The number of hydrogen-bond donors (Lipinski definition) is 2. The SMILES string of the molecule is CCc1cccc(CC)c1NC(=O)C(=O)Nc1ccccc1C(F)(F)F. The first kappa shape index (κ1) is 19.5. The fraction of sp³-hybridized carbons (Fsp3) is 0.263. The molecule has 2 rings (SSSR count). The number of alkyl halides is 3. The highest BCUT2D eigenvalue weighted by Crippen LogP contribution is 2.34. The average molecular weight is 364 g/mol. The van der Waals surface area contributed by atoms with Crippen LogP contribution in [0.25, 0.3) is 0 Å². The van der Waals surface area contributed by atoms with Crippen molar-refractivity contribution in [3.63, 3.8) is 0 Å². The summed E-state index contributed by atoms with van der Waals surface area (Å²) in [4.78, 5) is 24.3. The molecule has 4 nitrogen and oxygen atoms in total. The number of carbonyl (C=O) groups is 2. The molecule has 0 saturated heterocycles. The fourth-order valence-electron chi connectivity index (χ4n) is 2.59. The van der Waals surface area contributed by atoms with E-state index in [0.717, 1.165) is 23.3 Å². The van der Waals surface area contributed by atoms with E-state index in [1.165, 1.54) is 12.1 Å². The molecule has 2 aromatic rings. The van der Waals surface area contributed by atoms with Gasteiger partial charge in [0.2, 0.25) is 0 Å². The molecule has 2 amide bonds. The minimum absolute atomic E-state index is 0.459. The van der Waals surface area contributed by atoms with Crippen LogP contribution < -0.4 is 10.6 Å². The van der Waals surface area contributed by atoms with Crippen molar-refractivity contribution in [3.8, 4) is 0 Å². The Bertz CT molecular complexity index is 794. The van der Waals surface area contributed by atoms with Gasteiger partial charge in [-0.25, -0.2) is 0 Å². The van der Waals surface area contributed by atoms with E-state index in [1.807, 2.05) is 37.4 Å². The van der Waals surface area contributed by atoms with Crippen molar-refractivity contribution in [3.05, 3.63) is 59.2 Å². The summed E-state index contributed by atoms with van der Waals surface area (Å²) in [5.41, 5.74) is 0.758. The first-order chi connectivity index (χ1) is 12.3. The Morgan fingerprint density at radius 3 is 1.92 bits per heavy atom. The third-order valence-corrected chi connectivity index (χ3v) is 3.92. The quantitative estimate of drug-likeness (QED) is 0.790. The molecule has 2 N–H and O–H groups in total. The molecule has 138 valence electrons. The number of anilines is 2. The second-order valence-corrected chi connectivity index (χ2v) is 5.61. The summed E-state index contributed by atoms with van der Waals surface area (Å²) in [7, 11) is 0. The van der Waals surface area contributed by atoms with Crippen LogP contribution in [-0.2, 0) is 28.6 Å². The lowest BCUT2D eigenvalue weighted by molar-refractivity contribution is -0.137. The van der Waals surface area contributed by atoms with Gasteiger partial charge in [-0.2, -0.15) is 13.2 Å². The largest absolute Gasteiger partial charge is 0.418 e. The number of rotatable bonds is 4. The molecule has 0 aliphatic heterocycles. The van der Waals surface area contributed by atoms with Crippen LogP contribution in [0.5, 0.6) is 0 Å². The van der Waals surface area contributed by atoms with Crippen molar-refractivity contribution in [1.82, 2.24) is 0 Å². The van der Waals surface area contributed by atoms with E-state index in [-0.39, 0.29) is 0 Å². The summed E-state index contributed by atoms with van der Waals surface area (Å²) in [5.74, 6) is -2.17. The lowest BCUT2D eigenvalue weighted by Crippen LogP contribution is -2.30. The zero-order valence-electron chi connectivity index (χ0n) is 14.4. The van der Waals surface area contributed by atoms with E-state index < -0.39 is 29.2 Å². The minimum atomic E-state index is -4.63. The summed E-state index contributed by atoms with van der Waals surface area (Å²) in [5, 5.41) is 4.57. The number of halogens is 3. The highest BCUT2D eigenvalue weighted by atomic mass is 19.4. The maximum Gasteiger partial charge on any atom is 0.418 e. The first-order valence-corrected chi connectivity index (χ1v) is 8.17. The van der Waals surface area contributed by atoms with E-state index >= 15 is 0 Å². The lowest BCUT2D eigenvalue weighted by Gasteiger charge is -2.15. The standard InChI is InChI=1S/C19H19F3N2O2/c1-3-12-8-7-9-13(4-2)16(12)24-18(26)17(25)23-15-11-6-5-10-14(15)19(20,21)22/h5-11H,3-4H2,1-2H3,(H,23,25)(H,24,26). The molecule has 0 atom stereocenters. The molecule has 2 aromatic carbocycles. The van der Waals surface area contributed by atoms with Gasteiger partial charge in [0.15, 0.2) is 0 Å². The van der Waals surface area contributed by atoms with Crippen molar-refractivity contribution < 1.29 is 22.8 Å². The number of hydrogen-bond acceptors (Lipinski definition) is 2.